The Morgan fingerprint density at radius 1 is 0.957 bits per heavy atom. The monoisotopic (exact) mass is 302 g/mol. The van der Waals surface area contributed by atoms with Gasteiger partial charge in [0.2, 0.25) is 5.89 Å². The second kappa shape index (κ2) is 5.76. The van der Waals surface area contributed by atoms with E-state index in [2.05, 4.69) is 46.1 Å². The minimum Gasteiger partial charge on any atom is -0.441 e. The fourth-order valence-corrected chi connectivity index (χ4v) is 2.93. The van der Waals surface area contributed by atoms with Gasteiger partial charge in [-0.2, -0.15) is 0 Å². The molecule has 0 fully saturated rings. The Balaban J connectivity index is 1.57. The van der Waals surface area contributed by atoms with Crippen molar-refractivity contribution in [1.29, 1.82) is 0 Å². The van der Waals surface area contributed by atoms with Gasteiger partial charge in [-0.3, -0.25) is 0 Å². The molecule has 4 rings (SSSR count). The van der Waals surface area contributed by atoms with Crippen LogP contribution >= 0.6 is 0 Å². The van der Waals surface area contributed by atoms with Crippen LogP contribution in [0.2, 0.25) is 0 Å². The number of aromatic nitrogens is 2. The molecular formula is C20H18N2O. The Hall–Kier alpha value is -2.81. The van der Waals surface area contributed by atoms with Gasteiger partial charge in [-0.1, -0.05) is 36.4 Å². The molecule has 3 nitrogen and oxygen atoms in total. The number of fused-ring (bicyclic) bond motifs is 1. The number of hydrogen-bond donors (Lipinski definition) is 0. The molecular weight excluding hydrogens is 284 g/mol. The lowest BCUT2D eigenvalue weighted by atomic mass is 10.2. The molecule has 0 unspecified atom stereocenters. The zero-order valence-corrected chi connectivity index (χ0v) is 13.1. The third-order valence-corrected chi connectivity index (χ3v) is 4.18. The van der Waals surface area contributed by atoms with E-state index in [-0.39, 0.29) is 0 Å². The van der Waals surface area contributed by atoms with E-state index < -0.39 is 0 Å². The summed E-state index contributed by atoms with van der Waals surface area (Å²) in [5, 5.41) is 1.27. The van der Waals surface area contributed by atoms with E-state index in [4.69, 9.17) is 4.42 Å². The predicted octanol–water partition coefficient (Wildman–Crippen LogP) is 4.85. The topological polar surface area (TPSA) is 31.0 Å². The summed E-state index contributed by atoms with van der Waals surface area (Å²) in [7, 11) is 0. The highest BCUT2D eigenvalue weighted by Crippen LogP contribution is 2.22. The SMILES string of the molecule is Cc1oc(-c2ccccc2)nc1CCn1ccc2ccccc21. The first kappa shape index (κ1) is 13.8. The maximum Gasteiger partial charge on any atom is 0.226 e. The number of aryl methyl sites for hydroxylation is 3. The minimum atomic E-state index is 0.704. The highest BCUT2D eigenvalue weighted by Gasteiger charge is 2.11. The van der Waals surface area contributed by atoms with E-state index in [1.807, 2.05) is 37.3 Å². The van der Waals surface area contributed by atoms with Crippen LogP contribution in [0.1, 0.15) is 11.5 Å². The summed E-state index contributed by atoms with van der Waals surface area (Å²) in [6, 6.07) is 20.6. The minimum absolute atomic E-state index is 0.704. The van der Waals surface area contributed by atoms with Gasteiger partial charge in [0, 0.05) is 30.2 Å². The van der Waals surface area contributed by atoms with Crippen LogP contribution in [0.15, 0.2) is 71.3 Å². The van der Waals surface area contributed by atoms with E-state index in [0.717, 1.165) is 30.0 Å². The zero-order chi connectivity index (χ0) is 15.6. The molecule has 0 atom stereocenters. The van der Waals surface area contributed by atoms with Crippen LogP contribution in [0.25, 0.3) is 22.4 Å². The van der Waals surface area contributed by atoms with Crippen molar-refractivity contribution in [3.8, 4) is 11.5 Å². The Labute approximate surface area is 135 Å². The van der Waals surface area contributed by atoms with Gasteiger partial charge >= 0.3 is 0 Å². The third-order valence-electron chi connectivity index (χ3n) is 4.18. The fourth-order valence-electron chi connectivity index (χ4n) is 2.93. The lowest BCUT2D eigenvalue weighted by Crippen LogP contribution is -2.01. The second-order valence-corrected chi connectivity index (χ2v) is 5.71. The third kappa shape index (κ3) is 2.66. The van der Waals surface area contributed by atoms with Crippen molar-refractivity contribution in [2.24, 2.45) is 0 Å². The molecule has 0 aliphatic rings. The lowest BCUT2D eigenvalue weighted by Gasteiger charge is -2.03. The van der Waals surface area contributed by atoms with E-state index in [1.54, 1.807) is 0 Å². The van der Waals surface area contributed by atoms with Crippen molar-refractivity contribution in [3.63, 3.8) is 0 Å². The van der Waals surface area contributed by atoms with Crippen LogP contribution in [-0.2, 0) is 13.0 Å². The van der Waals surface area contributed by atoms with E-state index >= 15 is 0 Å². The van der Waals surface area contributed by atoms with Crippen LogP contribution in [0.4, 0.5) is 0 Å². The molecule has 0 spiro atoms. The van der Waals surface area contributed by atoms with Crippen molar-refractivity contribution in [3.05, 3.63) is 78.3 Å². The number of para-hydroxylation sites is 1. The normalized spacial score (nSPS) is 11.2. The molecule has 23 heavy (non-hydrogen) atoms. The first-order valence-corrected chi connectivity index (χ1v) is 7.87. The Morgan fingerprint density at radius 3 is 2.61 bits per heavy atom. The summed E-state index contributed by atoms with van der Waals surface area (Å²) >= 11 is 0. The van der Waals surface area contributed by atoms with Crippen molar-refractivity contribution < 1.29 is 4.42 Å². The summed E-state index contributed by atoms with van der Waals surface area (Å²) < 4.78 is 8.11. The molecule has 4 aromatic rings. The van der Waals surface area contributed by atoms with Gasteiger partial charge < -0.3 is 8.98 Å². The number of nitrogens with zero attached hydrogens (tertiary/aromatic N) is 2. The van der Waals surface area contributed by atoms with Gasteiger partial charge in [0.05, 0.1) is 5.69 Å². The second-order valence-electron chi connectivity index (χ2n) is 5.71. The van der Waals surface area contributed by atoms with Gasteiger partial charge in [0.25, 0.3) is 0 Å². The van der Waals surface area contributed by atoms with Crippen LogP contribution < -0.4 is 0 Å². The van der Waals surface area contributed by atoms with Gasteiger partial charge in [-0.15, -0.1) is 0 Å². The molecule has 0 aliphatic heterocycles. The van der Waals surface area contributed by atoms with Gasteiger partial charge in [0.15, 0.2) is 0 Å². The summed E-state index contributed by atoms with van der Waals surface area (Å²) in [6.45, 7) is 2.89. The lowest BCUT2D eigenvalue weighted by molar-refractivity contribution is 0.537. The van der Waals surface area contributed by atoms with E-state index in [9.17, 15) is 0 Å². The largest absolute Gasteiger partial charge is 0.441 e. The van der Waals surface area contributed by atoms with Gasteiger partial charge in [-0.05, 0) is 36.6 Å². The van der Waals surface area contributed by atoms with Crippen molar-refractivity contribution in [1.82, 2.24) is 9.55 Å². The molecule has 0 saturated carbocycles. The zero-order valence-electron chi connectivity index (χ0n) is 13.1. The maximum absolute atomic E-state index is 5.84. The molecule has 3 heteroatoms. The molecule has 0 N–H and O–H groups in total. The average molecular weight is 302 g/mol. The van der Waals surface area contributed by atoms with E-state index in [0.29, 0.717) is 5.89 Å². The summed E-state index contributed by atoms with van der Waals surface area (Å²) in [6.07, 6.45) is 3.00. The Morgan fingerprint density at radius 2 is 1.74 bits per heavy atom. The van der Waals surface area contributed by atoms with Crippen LogP contribution in [0.5, 0.6) is 0 Å². The number of rotatable bonds is 4. The van der Waals surface area contributed by atoms with Crippen molar-refractivity contribution >= 4 is 10.9 Å². The van der Waals surface area contributed by atoms with E-state index in [1.165, 1.54) is 10.9 Å². The van der Waals surface area contributed by atoms with Crippen LogP contribution in [0.3, 0.4) is 0 Å². The highest BCUT2D eigenvalue weighted by atomic mass is 16.4. The predicted molar refractivity (Wildman–Crippen MR) is 92.3 cm³/mol. The first-order chi connectivity index (χ1) is 11.3. The molecule has 0 amide bonds. The molecule has 2 aromatic carbocycles. The Kier molecular flexibility index (Phi) is 3.46. The number of oxazole rings is 1. The molecule has 0 saturated heterocycles. The van der Waals surface area contributed by atoms with Gasteiger partial charge in [0.1, 0.15) is 5.76 Å². The first-order valence-electron chi connectivity index (χ1n) is 7.87. The smallest absolute Gasteiger partial charge is 0.226 e. The molecule has 0 radical (unpaired) electrons. The maximum atomic E-state index is 5.84. The summed E-state index contributed by atoms with van der Waals surface area (Å²) in [5.74, 6) is 1.61. The molecule has 2 heterocycles. The number of hydrogen-bond acceptors (Lipinski definition) is 2. The molecule has 0 aliphatic carbocycles. The highest BCUT2D eigenvalue weighted by molar-refractivity contribution is 5.79. The summed E-state index contributed by atoms with van der Waals surface area (Å²) in [5.41, 5.74) is 3.31. The number of benzene rings is 2. The Bertz CT molecular complexity index is 935. The molecule has 2 aromatic heterocycles. The van der Waals surface area contributed by atoms with Crippen molar-refractivity contribution in [2.45, 2.75) is 19.9 Å². The fraction of sp³-hybridized carbons (Fsp3) is 0.150. The van der Waals surface area contributed by atoms with Crippen molar-refractivity contribution in [2.75, 3.05) is 0 Å². The molecule has 0 bridgehead atoms. The molecule has 114 valence electrons. The van der Waals surface area contributed by atoms with Gasteiger partial charge in [-0.25, -0.2) is 4.98 Å². The quantitative estimate of drug-likeness (QED) is 0.539. The van der Waals surface area contributed by atoms with Crippen LogP contribution in [-0.4, -0.2) is 9.55 Å². The summed E-state index contributed by atoms with van der Waals surface area (Å²) in [4.78, 5) is 4.68. The average Bonchev–Trinajstić information content (AvgIpc) is 3.17. The van der Waals surface area contributed by atoms with Crippen LogP contribution in [0, 0.1) is 6.92 Å². The standard InChI is InChI=1S/C20H18N2O/c1-15-18(21-20(23-15)17-8-3-2-4-9-17)12-14-22-13-11-16-7-5-6-10-19(16)22/h2-11,13H,12,14H2,1H3.